The lowest BCUT2D eigenvalue weighted by atomic mass is 9.83. The lowest BCUT2D eigenvalue weighted by Crippen LogP contribution is -2.56. The van der Waals surface area contributed by atoms with Crippen molar-refractivity contribution in [2.75, 3.05) is 33.9 Å². The Labute approximate surface area is 346 Å². The van der Waals surface area contributed by atoms with Crippen LogP contribution in [-0.4, -0.2) is 106 Å². The van der Waals surface area contributed by atoms with E-state index >= 15 is 0 Å². The zero-order valence-electron chi connectivity index (χ0n) is 35.1. The predicted molar refractivity (Wildman–Crippen MR) is 223 cm³/mol. The number of amides is 5. The first kappa shape index (κ1) is 44.4. The van der Waals surface area contributed by atoms with Crippen LogP contribution in [0.5, 0.6) is 5.75 Å². The SMILES string of the molecule is CCC(C)C(C(=O)NC(Cc1ccccc1)C(O)CN(Cc1ccc(OC)cc1)NC(=O)CC(C)(C)CNC(=O)OC)C1CNC(=O)N1Cc1nc2cccnc2n1C. The van der Waals surface area contributed by atoms with Crippen molar-refractivity contribution >= 4 is 35.1 Å². The summed E-state index contributed by atoms with van der Waals surface area (Å²) in [6.45, 7) is 8.56. The molecule has 59 heavy (non-hydrogen) atoms. The number of alkyl carbamates (subject to hydrolysis) is 1. The van der Waals surface area contributed by atoms with Gasteiger partial charge >= 0.3 is 12.1 Å². The number of aliphatic hydroxyl groups is 1. The van der Waals surface area contributed by atoms with E-state index in [2.05, 4.69) is 26.4 Å². The summed E-state index contributed by atoms with van der Waals surface area (Å²) in [6, 6.07) is 19.1. The zero-order chi connectivity index (χ0) is 42.7. The molecule has 4 aromatic rings. The number of hydrogen-bond donors (Lipinski definition) is 5. The van der Waals surface area contributed by atoms with Crippen molar-refractivity contribution in [3.8, 4) is 5.75 Å². The molecule has 3 heterocycles. The number of aliphatic hydroxyl groups excluding tert-OH is 1. The van der Waals surface area contributed by atoms with Crippen molar-refractivity contribution < 1.29 is 33.8 Å². The van der Waals surface area contributed by atoms with E-state index < -0.39 is 35.6 Å². The molecule has 5 amide bonds. The smallest absolute Gasteiger partial charge is 0.406 e. The largest absolute Gasteiger partial charge is 0.497 e. The Kier molecular flexibility index (Phi) is 15.3. The van der Waals surface area contributed by atoms with Gasteiger partial charge in [-0.05, 0) is 53.1 Å². The molecule has 318 valence electrons. The summed E-state index contributed by atoms with van der Waals surface area (Å²) in [4.78, 5) is 64.3. The lowest BCUT2D eigenvalue weighted by Gasteiger charge is -2.36. The number of hydrogen-bond acceptors (Lipinski definition) is 10. The van der Waals surface area contributed by atoms with Crippen LogP contribution in [0.1, 0.15) is 57.5 Å². The van der Waals surface area contributed by atoms with Gasteiger partial charge in [0.05, 0.1) is 44.9 Å². The molecule has 16 heteroatoms. The van der Waals surface area contributed by atoms with E-state index in [-0.39, 0.29) is 62.9 Å². The second kappa shape index (κ2) is 20.3. The molecule has 5 atom stereocenters. The number of rotatable bonds is 20. The monoisotopic (exact) mass is 813 g/mol. The number of nitrogens with one attached hydrogen (secondary N) is 4. The van der Waals surface area contributed by atoms with Gasteiger partial charge in [-0.2, -0.15) is 0 Å². The third-order valence-corrected chi connectivity index (χ3v) is 11.0. The first-order valence-electron chi connectivity index (χ1n) is 20.0. The average molecular weight is 814 g/mol. The molecule has 1 saturated heterocycles. The van der Waals surface area contributed by atoms with Crippen molar-refractivity contribution in [2.45, 2.75) is 78.2 Å². The number of fused-ring (bicyclic) bond motifs is 1. The second-order valence-corrected chi connectivity index (χ2v) is 16.0. The summed E-state index contributed by atoms with van der Waals surface area (Å²) in [5.74, 6) is -0.0546. The zero-order valence-corrected chi connectivity index (χ0v) is 35.1. The number of imidazole rings is 1. The van der Waals surface area contributed by atoms with Crippen LogP contribution in [0.15, 0.2) is 72.9 Å². The Morgan fingerprint density at radius 2 is 1.78 bits per heavy atom. The minimum absolute atomic E-state index is 0.0409. The Morgan fingerprint density at radius 3 is 2.44 bits per heavy atom. The van der Waals surface area contributed by atoms with Crippen LogP contribution in [0.2, 0.25) is 0 Å². The Morgan fingerprint density at radius 1 is 1.05 bits per heavy atom. The molecule has 1 fully saturated rings. The molecular formula is C43H59N9O7. The van der Waals surface area contributed by atoms with Crippen LogP contribution in [0.4, 0.5) is 9.59 Å². The number of carbonyl (C=O) groups excluding carboxylic acids is 4. The van der Waals surface area contributed by atoms with Crippen LogP contribution in [0.25, 0.3) is 11.2 Å². The number of pyridine rings is 1. The topological polar surface area (TPSA) is 192 Å². The summed E-state index contributed by atoms with van der Waals surface area (Å²) >= 11 is 0. The van der Waals surface area contributed by atoms with E-state index in [0.29, 0.717) is 35.6 Å². The summed E-state index contributed by atoms with van der Waals surface area (Å²) in [6.07, 6.45) is 0.983. The number of nitrogens with zero attached hydrogens (tertiary/aromatic N) is 5. The van der Waals surface area contributed by atoms with Gasteiger partial charge in [0.2, 0.25) is 11.8 Å². The Balaban J connectivity index is 1.39. The van der Waals surface area contributed by atoms with Crippen molar-refractivity contribution in [2.24, 2.45) is 24.3 Å². The van der Waals surface area contributed by atoms with Crippen molar-refractivity contribution in [1.29, 1.82) is 0 Å². The Bertz CT molecular complexity index is 2020. The van der Waals surface area contributed by atoms with Gasteiger partial charge < -0.3 is 40.0 Å². The van der Waals surface area contributed by atoms with Gasteiger partial charge in [0.15, 0.2) is 5.65 Å². The minimum atomic E-state index is -1.16. The molecule has 0 spiro atoms. The van der Waals surface area contributed by atoms with Gasteiger partial charge in [0.1, 0.15) is 17.1 Å². The number of aryl methyl sites for hydroxylation is 1. The number of methoxy groups -OCH3 is 2. The highest BCUT2D eigenvalue weighted by Gasteiger charge is 2.43. The maximum atomic E-state index is 14.7. The fourth-order valence-electron chi connectivity index (χ4n) is 7.48. The molecule has 16 nitrogen and oxygen atoms in total. The molecule has 2 aromatic carbocycles. The maximum Gasteiger partial charge on any atom is 0.406 e. The first-order valence-corrected chi connectivity index (χ1v) is 20.0. The van der Waals surface area contributed by atoms with E-state index in [0.717, 1.165) is 11.1 Å². The maximum absolute atomic E-state index is 14.7. The van der Waals surface area contributed by atoms with Crippen LogP contribution in [0, 0.1) is 17.3 Å². The summed E-state index contributed by atoms with van der Waals surface area (Å²) in [5.41, 5.74) is 5.52. The summed E-state index contributed by atoms with van der Waals surface area (Å²) in [5, 5.41) is 22.6. The average Bonchev–Trinajstić information content (AvgIpc) is 3.74. The van der Waals surface area contributed by atoms with E-state index in [1.807, 2.05) is 106 Å². The molecule has 5 unspecified atom stereocenters. The van der Waals surface area contributed by atoms with E-state index in [1.54, 1.807) is 23.2 Å². The highest BCUT2D eigenvalue weighted by molar-refractivity contribution is 5.83. The molecule has 5 N–H and O–H groups in total. The standard InChI is InChI=1S/C43H59N9O7/c1-8-28(2)38(34-23-45-41(56)52(34)26-36-47-32-15-12-20-44-39(32)50(36)5)40(55)48-33(21-29-13-10-9-11-14-29)35(53)25-51(24-30-16-18-31(58-6)19-17-30)49-37(54)22-43(3,4)27-46-42(57)59-7/h9-20,28,33-35,38,53H,8,21-27H2,1-7H3,(H,45,56)(H,46,57)(H,48,55)(H,49,54). The fourth-order valence-corrected chi connectivity index (χ4v) is 7.48. The van der Waals surface area contributed by atoms with Gasteiger partial charge in [0.25, 0.3) is 0 Å². The third kappa shape index (κ3) is 11.9. The van der Waals surface area contributed by atoms with Crippen LogP contribution in [-0.2, 0) is 40.9 Å². The lowest BCUT2D eigenvalue weighted by molar-refractivity contribution is -0.132. The molecule has 0 radical (unpaired) electrons. The molecule has 0 aliphatic carbocycles. The predicted octanol–water partition coefficient (Wildman–Crippen LogP) is 3.93. The Hall–Kier alpha value is -5.74. The summed E-state index contributed by atoms with van der Waals surface area (Å²) in [7, 11) is 4.72. The first-order chi connectivity index (χ1) is 28.2. The number of carbonyl (C=O) groups is 4. The second-order valence-electron chi connectivity index (χ2n) is 16.0. The summed E-state index contributed by atoms with van der Waals surface area (Å²) < 4.78 is 11.9. The highest BCUT2D eigenvalue weighted by atomic mass is 16.5. The van der Waals surface area contributed by atoms with E-state index in [9.17, 15) is 24.3 Å². The van der Waals surface area contributed by atoms with Crippen LogP contribution in [0.3, 0.4) is 0 Å². The van der Waals surface area contributed by atoms with Crippen molar-refractivity contribution in [1.82, 2.24) is 45.8 Å². The third-order valence-electron chi connectivity index (χ3n) is 11.0. The molecule has 2 aromatic heterocycles. The van der Waals surface area contributed by atoms with Gasteiger partial charge in [-0.3, -0.25) is 15.0 Å². The van der Waals surface area contributed by atoms with Gasteiger partial charge in [0, 0.05) is 45.8 Å². The van der Waals surface area contributed by atoms with Gasteiger partial charge in [-0.15, -0.1) is 0 Å². The number of ether oxygens (including phenoxy) is 2. The minimum Gasteiger partial charge on any atom is -0.497 e. The molecular weight excluding hydrogens is 755 g/mol. The van der Waals surface area contributed by atoms with Crippen LogP contribution >= 0.6 is 0 Å². The van der Waals surface area contributed by atoms with E-state index in [4.69, 9.17) is 14.5 Å². The molecule has 5 rings (SSSR count). The van der Waals surface area contributed by atoms with Gasteiger partial charge in [-0.1, -0.05) is 76.6 Å². The van der Waals surface area contributed by atoms with Crippen LogP contribution < -0.4 is 26.1 Å². The molecule has 0 saturated carbocycles. The van der Waals surface area contributed by atoms with Gasteiger partial charge in [-0.25, -0.2) is 24.6 Å². The quantitative estimate of drug-likeness (QED) is 0.0818. The molecule has 0 bridgehead atoms. The van der Waals surface area contributed by atoms with E-state index in [1.165, 1.54) is 7.11 Å². The highest BCUT2D eigenvalue weighted by Crippen LogP contribution is 2.29. The molecule has 1 aliphatic rings. The number of hydrazine groups is 1. The fraction of sp³-hybridized carbons (Fsp3) is 0.488. The molecule has 1 aliphatic heterocycles. The van der Waals surface area contributed by atoms with Crippen molar-refractivity contribution in [3.63, 3.8) is 0 Å². The number of urea groups is 1. The normalized spacial score (nSPS) is 16.3. The number of benzene rings is 2. The number of aromatic nitrogens is 3. The van der Waals surface area contributed by atoms with Crippen molar-refractivity contribution in [3.05, 3.63) is 89.9 Å².